The number of fused-ring (bicyclic) bond motifs is 3. The van der Waals surface area contributed by atoms with E-state index in [1.807, 2.05) is 61.5 Å². The number of hydrogen-bond donors (Lipinski definition) is 0. The molecule has 0 aliphatic heterocycles. The molecule has 0 atom stereocenters. The number of nitrogens with zero attached hydrogens (tertiary/aromatic N) is 3. The standard InChI is InChI=1S/C22H19N3O2/c1-24(2)13-20(26)17-12-19(22(27)15-8-4-3-5-9-15)25-14-23-18-11-7-6-10-16(18)21(17)25/h3-12,14H,13H2,1-2H3. The van der Waals surface area contributed by atoms with Gasteiger partial charge in [-0.3, -0.25) is 14.0 Å². The predicted molar refractivity (Wildman–Crippen MR) is 105 cm³/mol. The molecule has 4 aromatic rings. The molecule has 0 radical (unpaired) electrons. The number of benzene rings is 2. The molecule has 0 aliphatic carbocycles. The molecule has 134 valence electrons. The van der Waals surface area contributed by atoms with Gasteiger partial charge in [-0.15, -0.1) is 0 Å². The second-order valence-electron chi connectivity index (χ2n) is 6.78. The van der Waals surface area contributed by atoms with Crippen LogP contribution >= 0.6 is 0 Å². The highest BCUT2D eigenvalue weighted by molar-refractivity contribution is 6.16. The van der Waals surface area contributed by atoms with Crippen LogP contribution in [0.1, 0.15) is 26.4 Å². The van der Waals surface area contributed by atoms with Gasteiger partial charge in [-0.1, -0.05) is 48.5 Å². The fourth-order valence-electron chi connectivity index (χ4n) is 3.32. The van der Waals surface area contributed by atoms with Gasteiger partial charge in [0.05, 0.1) is 23.3 Å². The first kappa shape index (κ1) is 17.1. The zero-order valence-electron chi connectivity index (χ0n) is 15.2. The molecular formula is C22H19N3O2. The molecule has 2 heterocycles. The molecule has 0 fully saturated rings. The van der Waals surface area contributed by atoms with E-state index in [2.05, 4.69) is 4.98 Å². The van der Waals surface area contributed by atoms with Crippen molar-refractivity contribution in [3.05, 3.63) is 83.8 Å². The summed E-state index contributed by atoms with van der Waals surface area (Å²) in [5, 5.41) is 0.856. The summed E-state index contributed by atoms with van der Waals surface area (Å²) in [4.78, 5) is 32.3. The lowest BCUT2D eigenvalue weighted by molar-refractivity contribution is 0.0959. The Morgan fingerprint density at radius 2 is 1.70 bits per heavy atom. The Hall–Kier alpha value is -3.31. The third kappa shape index (κ3) is 3.02. The van der Waals surface area contributed by atoms with E-state index in [4.69, 9.17) is 0 Å². The highest BCUT2D eigenvalue weighted by Crippen LogP contribution is 2.26. The molecule has 0 unspecified atom stereocenters. The van der Waals surface area contributed by atoms with Gasteiger partial charge in [-0.25, -0.2) is 4.98 Å². The molecule has 2 aromatic carbocycles. The lowest BCUT2D eigenvalue weighted by atomic mass is 10.1. The highest BCUT2D eigenvalue weighted by atomic mass is 16.1. The third-order valence-corrected chi connectivity index (χ3v) is 4.54. The SMILES string of the molecule is CN(C)CC(=O)c1cc(C(=O)c2ccccc2)n2cnc3ccccc3c12. The van der Waals surface area contributed by atoms with Crippen molar-refractivity contribution < 1.29 is 9.59 Å². The molecule has 0 bridgehead atoms. The Morgan fingerprint density at radius 1 is 1.00 bits per heavy atom. The smallest absolute Gasteiger partial charge is 0.209 e. The molecule has 5 nitrogen and oxygen atoms in total. The monoisotopic (exact) mass is 357 g/mol. The Balaban J connectivity index is 1.99. The van der Waals surface area contributed by atoms with Crippen molar-refractivity contribution in [2.24, 2.45) is 0 Å². The van der Waals surface area contributed by atoms with Crippen molar-refractivity contribution in [2.75, 3.05) is 20.6 Å². The number of rotatable bonds is 5. The quantitative estimate of drug-likeness (QED) is 0.513. The van der Waals surface area contributed by atoms with Crippen LogP contribution in [0.25, 0.3) is 16.4 Å². The topological polar surface area (TPSA) is 54.7 Å². The van der Waals surface area contributed by atoms with E-state index in [0.29, 0.717) is 16.8 Å². The van der Waals surface area contributed by atoms with Crippen molar-refractivity contribution >= 4 is 28.0 Å². The zero-order valence-corrected chi connectivity index (χ0v) is 15.2. The summed E-state index contributed by atoms with van der Waals surface area (Å²) in [5.41, 5.74) is 3.09. The maximum atomic E-state index is 13.1. The van der Waals surface area contributed by atoms with Crippen LogP contribution in [-0.2, 0) is 0 Å². The van der Waals surface area contributed by atoms with E-state index in [0.717, 1.165) is 16.4 Å². The van der Waals surface area contributed by atoms with E-state index < -0.39 is 0 Å². The van der Waals surface area contributed by atoms with Crippen LogP contribution in [0.15, 0.2) is 67.0 Å². The minimum Gasteiger partial charge on any atom is -0.302 e. The average Bonchev–Trinajstić information content (AvgIpc) is 3.08. The Morgan fingerprint density at radius 3 is 2.44 bits per heavy atom. The largest absolute Gasteiger partial charge is 0.302 e. The van der Waals surface area contributed by atoms with Gasteiger partial charge >= 0.3 is 0 Å². The van der Waals surface area contributed by atoms with E-state index in [9.17, 15) is 9.59 Å². The predicted octanol–water partition coefficient (Wildman–Crippen LogP) is 3.46. The molecule has 0 N–H and O–H groups in total. The van der Waals surface area contributed by atoms with Crippen LogP contribution in [0.4, 0.5) is 0 Å². The van der Waals surface area contributed by atoms with E-state index in [-0.39, 0.29) is 18.1 Å². The number of carbonyl (C=O) groups is 2. The van der Waals surface area contributed by atoms with E-state index in [1.54, 1.807) is 28.9 Å². The number of ketones is 2. The lowest BCUT2D eigenvalue weighted by Gasteiger charge is -2.08. The van der Waals surface area contributed by atoms with Gasteiger partial charge in [0.15, 0.2) is 5.78 Å². The fraction of sp³-hybridized carbons (Fsp3) is 0.136. The highest BCUT2D eigenvalue weighted by Gasteiger charge is 2.22. The first-order valence-corrected chi connectivity index (χ1v) is 8.73. The Bertz CT molecular complexity index is 1160. The van der Waals surface area contributed by atoms with Gasteiger partial charge in [0.2, 0.25) is 5.78 Å². The molecule has 0 saturated heterocycles. The minimum atomic E-state index is -0.133. The number of Topliss-reactive ketones (excluding diaryl/α,β-unsaturated/α-hetero) is 1. The van der Waals surface area contributed by atoms with Crippen molar-refractivity contribution in [2.45, 2.75) is 0 Å². The molecule has 27 heavy (non-hydrogen) atoms. The van der Waals surface area contributed by atoms with Crippen molar-refractivity contribution in [1.82, 2.24) is 14.3 Å². The van der Waals surface area contributed by atoms with Crippen LogP contribution < -0.4 is 0 Å². The van der Waals surface area contributed by atoms with Gasteiger partial charge in [0.25, 0.3) is 0 Å². The summed E-state index contributed by atoms with van der Waals surface area (Å²) >= 11 is 0. The number of aromatic nitrogens is 2. The molecule has 4 rings (SSSR count). The first-order chi connectivity index (χ1) is 13.1. The number of likely N-dealkylation sites (N-methyl/N-ethyl adjacent to an activating group) is 1. The van der Waals surface area contributed by atoms with Gasteiger partial charge in [0, 0.05) is 16.5 Å². The summed E-state index contributed by atoms with van der Waals surface area (Å²) < 4.78 is 1.74. The second-order valence-corrected chi connectivity index (χ2v) is 6.78. The van der Waals surface area contributed by atoms with Crippen molar-refractivity contribution in [1.29, 1.82) is 0 Å². The Labute approximate surface area is 156 Å². The summed E-state index contributed by atoms with van der Waals surface area (Å²) in [5.74, 6) is -0.160. The van der Waals surface area contributed by atoms with Crippen LogP contribution in [0, 0.1) is 0 Å². The molecule has 0 aliphatic rings. The molecule has 5 heteroatoms. The van der Waals surface area contributed by atoms with Crippen LogP contribution in [-0.4, -0.2) is 46.5 Å². The lowest BCUT2D eigenvalue weighted by Crippen LogP contribution is -2.21. The van der Waals surface area contributed by atoms with Gasteiger partial charge in [-0.05, 0) is 26.2 Å². The van der Waals surface area contributed by atoms with Crippen LogP contribution in [0.2, 0.25) is 0 Å². The molecular weight excluding hydrogens is 338 g/mol. The summed E-state index contributed by atoms with van der Waals surface area (Å²) in [7, 11) is 3.71. The van der Waals surface area contributed by atoms with Crippen LogP contribution in [0.3, 0.4) is 0 Å². The van der Waals surface area contributed by atoms with Gasteiger partial charge in [-0.2, -0.15) is 0 Å². The summed E-state index contributed by atoms with van der Waals surface area (Å²) in [6, 6.07) is 18.4. The number of para-hydroxylation sites is 1. The average molecular weight is 357 g/mol. The summed E-state index contributed by atoms with van der Waals surface area (Å²) in [6.45, 7) is 0.273. The van der Waals surface area contributed by atoms with E-state index in [1.165, 1.54) is 0 Å². The third-order valence-electron chi connectivity index (χ3n) is 4.54. The van der Waals surface area contributed by atoms with Crippen LogP contribution in [0.5, 0.6) is 0 Å². The number of carbonyl (C=O) groups excluding carboxylic acids is 2. The maximum absolute atomic E-state index is 13.1. The first-order valence-electron chi connectivity index (χ1n) is 8.73. The maximum Gasteiger partial charge on any atom is 0.209 e. The fourth-order valence-corrected chi connectivity index (χ4v) is 3.32. The zero-order chi connectivity index (χ0) is 19.0. The Kier molecular flexibility index (Phi) is 4.30. The molecule has 0 saturated carbocycles. The second kappa shape index (κ2) is 6.78. The van der Waals surface area contributed by atoms with E-state index >= 15 is 0 Å². The number of hydrogen-bond acceptors (Lipinski definition) is 4. The summed E-state index contributed by atoms with van der Waals surface area (Å²) in [6.07, 6.45) is 1.63. The van der Waals surface area contributed by atoms with Crippen molar-refractivity contribution in [3.63, 3.8) is 0 Å². The molecule has 0 amide bonds. The van der Waals surface area contributed by atoms with Gasteiger partial charge in [0.1, 0.15) is 6.33 Å². The van der Waals surface area contributed by atoms with Gasteiger partial charge < -0.3 is 4.90 Å². The molecule has 2 aromatic heterocycles. The minimum absolute atomic E-state index is 0.0269. The van der Waals surface area contributed by atoms with Crippen molar-refractivity contribution in [3.8, 4) is 0 Å². The normalized spacial score (nSPS) is 11.4. The molecule has 0 spiro atoms.